The van der Waals surface area contributed by atoms with Crippen LogP contribution in [-0.2, 0) is 32.0 Å². The first-order valence-corrected chi connectivity index (χ1v) is 10.9. The van der Waals surface area contributed by atoms with Crippen LogP contribution in [0.3, 0.4) is 0 Å². The minimum Gasteiger partial charge on any atom is -0.496 e. The number of benzene rings is 1. The Morgan fingerprint density at radius 1 is 1.22 bits per heavy atom. The van der Waals surface area contributed by atoms with Gasteiger partial charge in [-0.2, -0.15) is 0 Å². The number of cyclic esters (lactones) is 1. The lowest BCUT2D eigenvalue weighted by Gasteiger charge is -2.26. The average molecular weight is 446 g/mol. The van der Waals surface area contributed by atoms with Crippen LogP contribution in [0.25, 0.3) is 0 Å². The van der Waals surface area contributed by atoms with Gasteiger partial charge in [0.25, 0.3) is 0 Å². The molecule has 2 aliphatic rings. The maximum absolute atomic E-state index is 12.2. The molecular weight excluding hydrogens is 414 g/mol. The molecule has 0 unspecified atom stereocenters. The van der Waals surface area contributed by atoms with Crippen molar-refractivity contribution in [2.45, 2.75) is 39.7 Å². The zero-order valence-electron chi connectivity index (χ0n) is 19.0. The highest BCUT2D eigenvalue weighted by Crippen LogP contribution is 2.37. The van der Waals surface area contributed by atoms with E-state index >= 15 is 0 Å². The third kappa shape index (κ3) is 5.55. The van der Waals surface area contributed by atoms with Crippen molar-refractivity contribution in [3.63, 3.8) is 0 Å². The Hall–Kier alpha value is -2.71. The van der Waals surface area contributed by atoms with Gasteiger partial charge >= 0.3 is 11.9 Å². The second-order valence-corrected chi connectivity index (χ2v) is 8.03. The number of fused-ring (bicyclic) bond motifs is 1. The molecule has 0 aromatic heterocycles. The van der Waals surface area contributed by atoms with Gasteiger partial charge in [0.2, 0.25) is 0 Å². The molecule has 32 heavy (non-hydrogen) atoms. The second kappa shape index (κ2) is 11.2. The number of nitrogens with zero attached hydrogens (tertiary/aromatic N) is 1. The van der Waals surface area contributed by atoms with Crippen molar-refractivity contribution in [2.24, 2.45) is 0 Å². The number of ether oxygens (including phenoxy) is 4. The van der Waals surface area contributed by atoms with Gasteiger partial charge in [-0.15, -0.1) is 0 Å². The molecule has 1 saturated heterocycles. The van der Waals surface area contributed by atoms with Crippen molar-refractivity contribution in [3.05, 3.63) is 39.5 Å². The molecule has 1 aromatic carbocycles. The van der Waals surface area contributed by atoms with Crippen LogP contribution in [0, 0.1) is 6.92 Å². The molecule has 0 radical (unpaired) electrons. The zero-order valence-corrected chi connectivity index (χ0v) is 19.0. The lowest BCUT2D eigenvalue weighted by molar-refractivity contribution is -0.144. The summed E-state index contributed by atoms with van der Waals surface area (Å²) in [6.07, 6.45) is 3.91. The number of aldehydes is 1. The Morgan fingerprint density at radius 2 is 1.97 bits per heavy atom. The van der Waals surface area contributed by atoms with Gasteiger partial charge in [-0.05, 0) is 32.3 Å². The van der Waals surface area contributed by atoms with E-state index in [-0.39, 0.29) is 12.6 Å². The summed E-state index contributed by atoms with van der Waals surface area (Å²) in [5.74, 6) is -0.112. The lowest BCUT2D eigenvalue weighted by atomic mass is 9.90. The standard InChI is InChI=1S/C24H31NO7/c1-16(5-7-21(27)31-13-10-25-8-11-30-12-9-25)4-6-18-19(14-26)22-20(15-32-24(22)28)17(2)23(18)29-3/h4,14H,5-13,15H2,1-3H3/b16-4+. The number of esters is 2. The van der Waals surface area contributed by atoms with Crippen LogP contribution in [0.1, 0.15) is 57.2 Å². The largest absolute Gasteiger partial charge is 0.496 e. The number of methoxy groups -OCH3 is 1. The first kappa shape index (κ1) is 23.9. The molecule has 8 nitrogen and oxygen atoms in total. The Labute approximate surface area is 188 Å². The van der Waals surface area contributed by atoms with Crippen LogP contribution in [0.4, 0.5) is 0 Å². The normalized spacial score (nSPS) is 16.5. The summed E-state index contributed by atoms with van der Waals surface area (Å²) in [5, 5.41) is 0. The summed E-state index contributed by atoms with van der Waals surface area (Å²) in [5.41, 5.74) is 3.82. The number of morpholine rings is 1. The van der Waals surface area contributed by atoms with Crippen molar-refractivity contribution in [2.75, 3.05) is 46.6 Å². The quantitative estimate of drug-likeness (QED) is 0.308. The van der Waals surface area contributed by atoms with E-state index in [9.17, 15) is 14.4 Å². The minimum absolute atomic E-state index is 0.153. The Balaban J connectivity index is 1.58. The molecule has 8 heteroatoms. The van der Waals surface area contributed by atoms with Crippen LogP contribution in [-0.4, -0.2) is 69.7 Å². The SMILES string of the molecule is COc1c(C)c2c(c(C=O)c1C/C=C(\C)CCC(=O)OCCN1CCOCC1)C(=O)OC2. The van der Waals surface area contributed by atoms with Gasteiger partial charge in [0, 0.05) is 42.7 Å². The maximum Gasteiger partial charge on any atom is 0.339 e. The average Bonchev–Trinajstić information content (AvgIpc) is 3.19. The molecule has 0 atom stereocenters. The van der Waals surface area contributed by atoms with Crippen molar-refractivity contribution in [1.82, 2.24) is 4.90 Å². The fourth-order valence-electron chi connectivity index (χ4n) is 4.08. The molecule has 2 heterocycles. The van der Waals surface area contributed by atoms with E-state index in [1.807, 2.05) is 19.9 Å². The molecule has 2 aliphatic heterocycles. The van der Waals surface area contributed by atoms with Crippen LogP contribution in [0.2, 0.25) is 0 Å². The Bertz CT molecular complexity index is 900. The van der Waals surface area contributed by atoms with E-state index in [4.69, 9.17) is 18.9 Å². The molecule has 0 N–H and O–H groups in total. The summed E-state index contributed by atoms with van der Waals surface area (Å²) < 4.78 is 21.3. The van der Waals surface area contributed by atoms with Crippen molar-refractivity contribution >= 4 is 18.2 Å². The van der Waals surface area contributed by atoms with E-state index in [2.05, 4.69) is 4.90 Å². The molecule has 0 spiro atoms. The molecular formula is C24H31NO7. The molecule has 0 aliphatic carbocycles. The second-order valence-electron chi connectivity index (χ2n) is 8.03. The summed E-state index contributed by atoms with van der Waals surface area (Å²) in [4.78, 5) is 38.3. The monoisotopic (exact) mass is 445 g/mol. The number of carbonyl (C=O) groups excluding carboxylic acids is 3. The topological polar surface area (TPSA) is 91.4 Å². The first-order valence-electron chi connectivity index (χ1n) is 10.9. The number of rotatable bonds is 10. The lowest BCUT2D eigenvalue weighted by Crippen LogP contribution is -2.38. The molecule has 174 valence electrons. The maximum atomic E-state index is 12.2. The van der Waals surface area contributed by atoms with E-state index < -0.39 is 5.97 Å². The van der Waals surface area contributed by atoms with Gasteiger partial charge in [-0.25, -0.2) is 4.79 Å². The van der Waals surface area contributed by atoms with Crippen molar-refractivity contribution in [3.8, 4) is 5.75 Å². The summed E-state index contributed by atoms with van der Waals surface area (Å²) in [6.45, 7) is 8.23. The molecule has 0 amide bonds. The van der Waals surface area contributed by atoms with Crippen LogP contribution in [0.15, 0.2) is 11.6 Å². The highest BCUT2D eigenvalue weighted by Gasteiger charge is 2.31. The number of carbonyl (C=O) groups is 3. The van der Waals surface area contributed by atoms with E-state index in [0.29, 0.717) is 60.2 Å². The first-order chi connectivity index (χ1) is 15.5. The van der Waals surface area contributed by atoms with Gasteiger partial charge in [-0.1, -0.05) is 11.6 Å². The third-order valence-electron chi connectivity index (χ3n) is 5.99. The summed E-state index contributed by atoms with van der Waals surface area (Å²) in [6, 6.07) is 0. The van der Waals surface area contributed by atoms with Gasteiger partial charge in [-0.3, -0.25) is 14.5 Å². The number of allylic oxidation sites excluding steroid dienone is 2. The van der Waals surface area contributed by atoms with Gasteiger partial charge in [0.05, 0.1) is 25.9 Å². The number of hydrogen-bond donors (Lipinski definition) is 0. The molecule has 3 rings (SSSR count). The van der Waals surface area contributed by atoms with E-state index in [0.717, 1.165) is 44.0 Å². The van der Waals surface area contributed by atoms with Gasteiger partial charge < -0.3 is 18.9 Å². The third-order valence-corrected chi connectivity index (χ3v) is 5.99. The number of hydrogen-bond acceptors (Lipinski definition) is 8. The van der Waals surface area contributed by atoms with E-state index in [1.165, 1.54) is 0 Å². The molecule has 0 saturated carbocycles. The Kier molecular flexibility index (Phi) is 8.41. The molecule has 1 aromatic rings. The van der Waals surface area contributed by atoms with Gasteiger partial charge in [0.1, 0.15) is 19.0 Å². The summed E-state index contributed by atoms with van der Waals surface area (Å²) in [7, 11) is 1.55. The van der Waals surface area contributed by atoms with Crippen LogP contribution >= 0.6 is 0 Å². The highest BCUT2D eigenvalue weighted by molar-refractivity contribution is 6.03. The zero-order chi connectivity index (χ0) is 23.1. The van der Waals surface area contributed by atoms with Gasteiger partial charge in [0.15, 0.2) is 6.29 Å². The van der Waals surface area contributed by atoms with Crippen LogP contribution in [0.5, 0.6) is 5.75 Å². The Morgan fingerprint density at radius 3 is 2.66 bits per heavy atom. The summed E-state index contributed by atoms with van der Waals surface area (Å²) >= 11 is 0. The predicted octanol–water partition coefficient (Wildman–Crippen LogP) is 2.63. The molecule has 1 fully saturated rings. The van der Waals surface area contributed by atoms with Crippen molar-refractivity contribution in [1.29, 1.82) is 0 Å². The van der Waals surface area contributed by atoms with E-state index in [1.54, 1.807) is 7.11 Å². The highest BCUT2D eigenvalue weighted by atomic mass is 16.5. The fourth-order valence-corrected chi connectivity index (χ4v) is 4.08. The fraction of sp³-hybridized carbons (Fsp3) is 0.542. The minimum atomic E-state index is -0.477. The van der Waals surface area contributed by atoms with Crippen LogP contribution < -0.4 is 4.74 Å². The van der Waals surface area contributed by atoms with Crippen molar-refractivity contribution < 1.29 is 33.3 Å². The molecule has 0 bridgehead atoms. The predicted molar refractivity (Wildman–Crippen MR) is 117 cm³/mol. The smallest absolute Gasteiger partial charge is 0.339 e.